The van der Waals surface area contributed by atoms with Crippen molar-refractivity contribution in [2.24, 2.45) is 0 Å². The number of carboxylic acid groups (broad SMARTS) is 1. The van der Waals surface area contributed by atoms with Gasteiger partial charge in [-0.05, 0) is 37.0 Å². The van der Waals surface area contributed by atoms with Crippen molar-refractivity contribution in [3.63, 3.8) is 0 Å². The number of anilines is 1. The molecule has 0 radical (unpaired) electrons. The zero-order valence-electron chi connectivity index (χ0n) is 10.4. The van der Waals surface area contributed by atoms with Crippen LogP contribution in [0.15, 0.2) is 12.1 Å². The van der Waals surface area contributed by atoms with E-state index in [4.69, 9.17) is 4.74 Å². The van der Waals surface area contributed by atoms with Gasteiger partial charge >= 0.3 is 5.97 Å². The molecule has 1 aliphatic heterocycles. The molecular formula is C13H17NO3. The molecule has 0 saturated heterocycles. The van der Waals surface area contributed by atoms with Crippen molar-refractivity contribution in [1.29, 1.82) is 0 Å². The fourth-order valence-electron chi connectivity index (χ4n) is 2.50. The first-order valence-electron chi connectivity index (χ1n) is 5.68. The molecule has 1 aromatic carbocycles. The third-order valence-electron chi connectivity index (χ3n) is 3.47. The number of methoxy groups -OCH3 is 1. The maximum atomic E-state index is 11.2. The number of likely N-dealkylation sites (N-methyl/N-ethyl adjacent to an activating group) is 1. The molecule has 1 atom stereocenters. The molecule has 1 N–H and O–H groups in total. The van der Waals surface area contributed by atoms with Crippen LogP contribution in [0.25, 0.3) is 0 Å². The van der Waals surface area contributed by atoms with Gasteiger partial charge in [0, 0.05) is 7.05 Å². The van der Waals surface area contributed by atoms with Crippen LogP contribution in [0, 0.1) is 6.92 Å². The van der Waals surface area contributed by atoms with E-state index in [1.54, 1.807) is 7.11 Å². The summed E-state index contributed by atoms with van der Waals surface area (Å²) in [6.07, 6.45) is 1.44. The number of ether oxygens (including phenoxy) is 1. The van der Waals surface area contributed by atoms with Gasteiger partial charge in [0.1, 0.15) is 11.8 Å². The van der Waals surface area contributed by atoms with Crippen LogP contribution in [-0.4, -0.2) is 31.3 Å². The average Bonchev–Trinajstić information content (AvgIpc) is 2.30. The molecule has 1 aromatic rings. The number of carboxylic acids is 1. The van der Waals surface area contributed by atoms with Crippen molar-refractivity contribution in [3.05, 3.63) is 23.3 Å². The van der Waals surface area contributed by atoms with Crippen molar-refractivity contribution in [1.82, 2.24) is 0 Å². The fourth-order valence-corrected chi connectivity index (χ4v) is 2.50. The summed E-state index contributed by atoms with van der Waals surface area (Å²) in [5.74, 6) is -0.0271. The molecular weight excluding hydrogens is 218 g/mol. The van der Waals surface area contributed by atoms with Crippen molar-refractivity contribution >= 4 is 11.7 Å². The number of aryl methyl sites for hydroxylation is 1. The molecule has 0 fully saturated rings. The minimum absolute atomic E-state index is 0.460. The highest BCUT2D eigenvalue weighted by Gasteiger charge is 2.31. The highest BCUT2D eigenvalue weighted by molar-refractivity contribution is 5.81. The minimum Gasteiger partial charge on any atom is -0.495 e. The zero-order valence-corrected chi connectivity index (χ0v) is 10.4. The summed E-state index contributed by atoms with van der Waals surface area (Å²) in [5.41, 5.74) is 3.31. The van der Waals surface area contributed by atoms with Gasteiger partial charge in [0.05, 0.1) is 12.8 Å². The van der Waals surface area contributed by atoms with E-state index in [9.17, 15) is 9.90 Å². The van der Waals surface area contributed by atoms with Gasteiger partial charge in [-0.25, -0.2) is 4.79 Å². The predicted octanol–water partition coefficient (Wildman–Crippen LogP) is 1.84. The molecule has 92 valence electrons. The van der Waals surface area contributed by atoms with Crippen molar-refractivity contribution in [2.45, 2.75) is 25.8 Å². The van der Waals surface area contributed by atoms with Crippen LogP contribution in [0.3, 0.4) is 0 Å². The normalized spacial score (nSPS) is 18.8. The number of hydrogen-bond acceptors (Lipinski definition) is 3. The third-order valence-corrected chi connectivity index (χ3v) is 3.47. The van der Waals surface area contributed by atoms with Gasteiger partial charge < -0.3 is 14.7 Å². The summed E-state index contributed by atoms with van der Waals surface area (Å²) < 4.78 is 5.33. The molecule has 0 amide bonds. The van der Waals surface area contributed by atoms with E-state index in [2.05, 4.69) is 0 Å². The van der Waals surface area contributed by atoms with E-state index < -0.39 is 12.0 Å². The van der Waals surface area contributed by atoms with Crippen LogP contribution in [-0.2, 0) is 11.2 Å². The molecule has 0 bridgehead atoms. The molecule has 0 aliphatic carbocycles. The van der Waals surface area contributed by atoms with Crippen LogP contribution in [0.5, 0.6) is 5.75 Å². The van der Waals surface area contributed by atoms with E-state index in [-0.39, 0.29) is 0 Å². The summed E-state index contributed by atoms with van der Waals surface area (Å²) in [4.78, 5) is 13.0. The maximum Gasteiger partial charge on any atom is 0.326 e. The van der Waals surface area contributed by atoms with E-state index >= 15 is 0 Å². The van der Waals surface area contributed by atoms with Crippen LogP contribution in [0.2, 0.25) is 0 Å². The van der Waals surface area contributed by atoms with Gasteiger partial charge in [-0.2, -0.15) is 0 Å². The first-order chi connectivity index (χ1) is 8.06. The summed E-state index contributed by atoms with van der Waals surface area (Å²) in [6, 6.07) is 3.46. The van der Waals surface area contributed by atoms with Crippen molar-refractivity contribution < 1.29 is 14.6 Å². The Labute approximate surface area is 101 Å². The molecule has 1 heterocycles. The van der Waals surface area contributed by atoms with E-state index in [0.717, 1.165) is 17.9 Å². The average molecular weight is 235 g/mol. The second kappa shape index (κ2) is 4.28. The number of fused-ring (bicyclic) bond motifs is 1. The second-order valence-electron chi connectivity index (χ2n) is 4.42. The van der Waals surface area contributed by atoms with Crippen LogP contribution < -0.4 is 9.64 Å². The van der Waals surface area contributed by atoms with Crippen molar-refractivity contribution in [3.8, 4) is 5.75 Å². The summed E-state index contributed by atoms with van der Waals surface area (Å²) >= 11 is 0. The monoisotopic (exact) mass is 235 g/mol. The number of hydrogen-bond donors (Lipinski definition) is 1. The molecule has 1 unspecified atom stereocenters. The van der Waals surface area contributed by atoms with Crippen LogP contribution >= 0.6 is 0 Å². The Morgan fingerprint density at radius 1 is 1.53 bits per heavy atom. The van der Waals surface area contributed by atoms with Gasteiger partial charge in [0.15, 0.2) is 0 Å². The van der Waals surface area contributed by atoms with Crippen LogP contribution in [0.1, 0.15) is 17.5 Å². The lowest BCUT2D eigenvalue weighted by Gasteiger charge is -2.35. The summed E-state index contributed by atoms with van der Waals surface area (Å²) in [7, 11) is 3.43. The molecule has 0 saturated carbocycles. The lowest BCUT2D eigenvalue weighted by atomic mass is 9.92. The van der Waals surface area contributed by atoms with Gasteiger partial charge in [-0.15, -0.1) is 0 Å². The molecule has 17 heavy (non-hydrogen) atoms. The third kappa shape index (κ3) is 1.84. The number of rotatable bonds is 2. The largest absolute Gasteiger partial charge is 0.495 e. The number of benzene rings is 1. The minimum atomic E-state index is -0.776. The van der Waals surface area contributed by atoms with Gasteiger partial charge in [0.25, 0.3) is 0 Å². The molecule has 0 aromatic heterocycles. The summed E-state index contributed by atoms with van der Waals surface area (Å²) in [5, 5.41) is 9.18. The quantitative estimate of drug-likeness (QED) is 0.849. The molecule has 1 aliphatic rings. The SMILES string of the molecule is COc1ccc(C)c2c1N(C)C(C(=O)O)CC2. The molecule has 0 spiro atoms. The lowest BCUT2D eigenvalue weighted by molar-refractivity contribution is -0.138. The predicted molar refractivity (Wildman–Crippen MR) is 65.9 cm³/mol. The highest BCUT2D eigenvalue weighted by atomic mass is 16.5. The van der Waals surface area contributed by atoms with Gasteiger partial charge in [0.2, 0.25) is 0 Å². The number of nitrogens with zero attached hydrogens (tertiary/aromatic N) is 1. The van der Waals surface area contributed by atoms with Crippen molar-refractivity contribution in [2.75, 3.05) is 19.1 Å². The lowest BCUT2D eigenvalue weighted by Crippen LogP contribution is -2.42. The Hall–Kier alpha value is -1.71. The molecule has 4 nitrogen and oxygen atoms in total. The van der Waals surface area contributed by atoms with Gasteiger partial charge in [-0.1, -0.05) is 6.07 Å². The van der Waals surface area contributed by atoms with Crippen LogP contribution in [0.4, 0.5) is 5.69 Å². The Balaban J connectivity index is 2.53. The Morgan fingerprint density at radius 2 is 2.24 bits per heavy atom. The highest BCUT2D eigenvalue weighted by Crippen LogP contribution is 2.39. The molecule has 4 heteroatoms. The number of aliphatic carboxylic acids is 1. The van der Waals surface area contributed by atoms with E-state index in [1.165, 1.54) is 11.1 Å². The number of carbonyl (C=O) groups is 1. The zero-order chi connectivity index (χ0) is 12.6. The first-order valence-corrected chi connectivity index (χ1v) is 5.68. The Morgan fingerprint density at radius 3 is 2.82 bits per heavy atom. The topological polar surface area (TPSA) is 49.8 Å². The first kappa shape index (κ1) is 11.8. The fraction of sp³-hybridized carbons (Fsp3) is 0.462. The van der Waals surface area contributed by atoms with E-state index in [1.807, 2.05) is 31.0 Å². The smallest absolute Gasteiger partial charge is 0.326 e. The Kier molecular flexibility index (Phi) is 2.96. The Bertz CT molecular complexity index is 456. The van der Waals surface area contributed by atoms with Gasteiger partial charge in [-0.3, -0.25) is 0 Å². The maximum absolute atomic E-state index is 11.2. The van der Waals surface area contributed by atoms with E-state index in [0.29, 0.717) is 6.42 Å². The standard InChI is InChI=1S/C13H17NO3/c1-8-4-7-11(17-3)12-9(8)5-6-10(13(15)16)14(12)2/h4,7,10H,5-6H2,1-3H3,(H,15,16). The second-order valence-corrected chi connectivity index (χ2v) is 4.42. The molecule has 2 rings (SSSR count). The summed E-state index contributed by atoms with van der Waals surface area (Å²) in [6.45, 7) is 2.05.